The Hall–Kier alpha value is -2.20. The highest BCUT2D eigenvalue weighted by molar-refractivity contribution is 5.65. The molecule has 0 spiro atoms. The Labute approximate surface area is 240 Å². The van der Waals surface area contributed by atoms with Gasteiger partial charge in [0.15, 0.2) is 11.6 Å². The van der Waals surface area contributed by atoms with Crippen LogP contribution in [0.25, 0.3) is 11.1 Å². The summed E-state index contributed by atoms with van der Waals surface area (Å²) in [5.41, 5.74) is 2.16. The summed E-state index contributed by atoms with van der Waals surface area (Å²) in [4.78, 5) is 0. The van der Waals surface area contributed by atoms with E-state index in [1.807, 2.05) is 12.1 Å². The van der Waals surface area contributed by atoms with Crippen molar-refractivity contribution in [2.75, 3.05) is 13.2 Å². The van der Waals surface area contributed by atoms with Gasteiger partial charge in [0.2, 0.25) is 5.82 Å². The van der Waals surface area contributed by atoms with Crippen LogP contribution < -0.4 is 4.74 Å². The lowest BCUT2D eigenvalue weighted by Gasteiger charge is -2.41. The maximum Gasteiger partial charge on any atom is 0.201 e. The summed E-state index contributed by atoms with van der Waals surface area (Å²) in [7, 11) is 0. The van der Waals surface area contributed by atoms with E-state index in [-0.39, 0.29) is 11.3 Å². The summed E-state index contributed by atoms with van der Waals surface area (Å²) in [5, 5.41) is 0. The molecule has 1 heterocycles. The first kappa shape index (κ1) is 29.3. The molecule has 2 nitrogen and oxygen atoms in total. The molecule has 1 aliphatic heterocycles. The first-order chi connectivity index (χ1) is 19.6. The maximum absolute atomic E-state index is 14.7. The molecular formula is C36H48F2O2. The van der Waals surface area contributed by atoms with Crippen LogP contribution in [-0.2, 0) is 4.74 Å². The van der Waals surface area contributed by atoms with Crippen LogP contribution in [-0.4, -0.2) is 19.3 Å². The molecule has 2 aromatic rings. The highest BCUT2D eigenvalue weighted by Crippen LogP contribution is 2.44. The lowest BCUT2D eigenvalue weighted by atomic mass is 9.67. The maximum atomic E-state index is 14.7. The van der Waals surface area contributed by atoms with Gasteiger partial charge in [0.25, 0.3) is 0 Å². The number of hydrogen-bond donors (Lipinski definition) is 0. The van der Waals surface area contributed by atoms with Gasteiger partial charge < -0.3 is 9.47 Å². The van der Waals surface area contributed by atoms with Gasteiger partial charge in [-0.2, -0.15) is 4.39 Å². The lowest BCUT2D eigenvalue weighted by Crippen LogP contribution is -2.35. The second-order valence-corrected chi connectivity index (χ2v) is 12.5. The van der Waals surface area contributed by atoms with Crippen molar-refractivity contribution < 1.29 is 18.3 Å². The van der Waals surface area contributed by atoms with Crippen molar-refractivity contribution in [1.82, 2.24) is 0 Å². The second kappa shape index (κ2) is 14.1. The molecule has 2 aromatic carbocycles. The molecule has 0 bridgehead atoms. The van der Waals surface area contributed by atoms with E-state index >= 15 is 0 Å². The monoisotopic (exact) mass is 550 g/mol. The first-order valence-corrected chi connectivity index (χ1v) is 16.0. The van der Waals surface area contributed by atoms with Gasteiger partial charge in [-0.25, -0.2) is 4.39 Å². The summed E-state index contributed by atoms with van der Waals surface area (Å²) in [6.07, 6.45) is 21.1. The Kier molecular flexibility index (Phi) is 10.3. The van der Waals surface area contributed by atoms with Crippen LogP contribution in [0.1, 0.15) is 102 Å². The van der Waals surface area contributed by atoms with Crippen LogP contribution >= 0.6 is 0 Å². The summed E-state index contributed by atoms with van der Waals surface area (Å²) >= 11 is 0. The van der Waals surface area contributed by atoms with E-state index in [4.69, 9.17) is 9.47 Å². The van der Waals surface area contributed by atoms with E-state index in [1.54, 1.807) is 13.0 Å². The van der Waals surface area contributed by atoms with Gasteiger partial charge in [-0.1, -0.05) is 49.3 Å². The van der Waals surface area contributed by atoms with Gasteiger partial charge in [-0.15, -0.1) is 0 Å². The highest BCUT2D eigenvalue weighted by atomic mass is 19.2. The quantitative estimate of drug-likeness (QED) is 0.289. The van der Waals surface area contributed by atoms with Crippen LogP contribution in [0.15, 0.2) is 48.6 Å². The van der Waals surface area contributed by atoms with E-state index in [0.29, 0.717) is 30.1 Å². The largest absolute Gasteiger partial charge is 0.491 e. The molecule has 1 saturated heterocycles. The van der Waals surface area contributed by atoms with E-state index in [0.717, 1.165) is 37.2 Å². The predicted octanol–water partition coefficient (Wildman–Crippen LogP) is 10.3. The Balaban J connectivity index is 1.07. The molecule has 5 rings (SSSR count). The number of halogens is 2. The second-order valence-electron chi connectivity index (χ2n) is 12.5. The minimum atomic E-state index is -0.924. The summed E-state index contributed by atoms with van der Waals surface area (Å²) in [5.74, 6) is 2.13. The van der Waals surface area contributed by atoms with Crippen molar-refractivity contribution in [3.63, 3.8) is 0 Å². The molecule has 2 saturated carbocycles. The van der Waals surface area contributed by atoms with Gasteiger partial charge in [0.1, 0.15) is 0 Å². The Morgan fingerprint density at radius 2 is 1.48 bits per heavy atom. The van der Waals surface area contributed by atoms with Crippen molar-refractivity contribution in [2.45, 2.75) is 103 Å². The van der Waals surface area contributed by atoms with E-state index < -0.39 is 11.6 Å². The average molecular weight is 551 g/mol. The van der Waals surface area contributed by atoms with Crippen molar-refractivity contribution in [3.05, 3.63) is 65.7 Å². The number of hydrogen-bond acceptors (Lipinski definition) is 2. The fourth-order valence-corrected chi connectivity index (χ4v) is 7.80. The molecule has 40 heavy (non-hydrogen) atoms. The molecule has 0 radical (unpaired) electrons. The van der Waals surface area contributed by atoms with Crippen molar-refractivity contribution in [2.24, 2.45) is 23.7 Å². The van der Waals surface area contributed by atoms with Gasteiger partial charge >= 0.3 is 0 Å². The topological polar surface area (TPSA) is 18.5 Å². The minimum absolute atomic E-state index is 0.0406. The van der Waals surface area contributed by atoms with Crippen LogP contribution in [0.2, 0.25) is 0 Å². The Morgan fingerprint density at radius 1 is 0.800 bits per heavy atom. The fourth-order valence-electron chi connectivity index (χ4n) is 7.80. The Morgan fingerprint density at radius 3 is 2.10 bits per heavy atom. The third kappa shape index (κ3) is 6.98. The van der Waals surface area contributed by atoms with E-state index in [1.165, 1.54) is 75.8 Å². The SMILES string of the molecule is C/C=C/CCC1CCC(C2CCC(C3CCC(c4ccc(-c5ccc(OCC)c(F)c5F)cc4)CO3)CC2)CC1. The van der Waals surface area contributed by atoms with Crippen LogP contribution in [0.4, 0.5) is 8.78 Å². The molecule has 0 N–H and O–H groups in total. The first-order valence-electron chi connectivity index (χ1n) is 16.0. The summed E-state index contributed by atoms with van der Waals surface area (Å²) in [6, 6.07) is 11.0. The van der Waals surface area contributed by atoms with Crippen molar-refractivity contribution in [3.8, 4) is 16.9 Å². The molecule has 0 amide bonds. The van der Waals surface area contributed by atoms with Crippen LogP contribution in [0, 0.1) is 35.3 Å². The zero-order valence-corrected chi connectivity index (χ0v) is 24.6. The van der Waals surface area contributed by atoms with Crippen LogP contribution in [0.3, 0.4) is 0 Å². The highest BCUT2D eigenvalue weighted by Gasteiger charge is 2.35. The molecule has 218 valence electrons. The standard InChI is InChI=1S/C36H48F2O2/c1-3-5-6-7-25-8-10-26(11-9-25)27-14-18-30(19-15-27)33-22-20-31(24-40-33)28-12-16-29(17-13-28)32-21-23-34(39-4-2)36(38)35(32)37/h3,5,12-13,16-17,21,23,25-27,30-31,33H,4,6-11,14-15,18-20,22,24H2,1-2H3/b5-3+. The van der Waals surface area contributed by atoms with Crippen molar-refractivity contribution in [1.29, 1.82) is 0 Å². The summed E-state index contributed by atoms with van der Waals surface area (Å²) < 4.78 is 40.7. The zero-order valence-electron chi connectivity index (χ0n) is 24.6. The lowest BCUT2D eigenvalue weighted by molar-refractivity contribution is -0.0464. The molecule has 4 heteroatoms. The predicted molar refractivity (Wildman–Crippen MR) is 160 cm³/mol. The smallest absolute Gasteiger partial charge is 0.201 e. The molecule has 2 unspecified atom stereocenters. The number of rotatable bonds is 9. The normalized spacial score (nSPS) is 29.5. The Bertz CT molecular complexity index is 1090. The molecule has 3 aliphatic rings. The van der Waals surface area contributed by atoms with Crippen molar-refractivity contribution >= 4 is 0 Å². The molecular weight excluding hydrogens is 502 g/mol. The number of benzene rings is 2. The molecule has 3 fully saturated rings. The van der Waals surface area contributed by atoms with E-state index in [9.17, 15) is 8.78 Å². The zero-order chi connectivity index (χ0) is 27.9. The third-order valence-electron chi connectivity index (χ3n) is 10.2. The van der Waals surface area contributed by atoms with E-state index in [2.05, 4.69) is 31.2 Å². The third-order valence-corrected chi connectivity index (χ3v) is 10.2. The summed E-state index contributed by atoms with van der Waals surface area (Å²) in [6.45, 7) is 4.94. The van der Waals surface area contributed by atoms with Gasteiger partial charge in [0, 0.05) is 11.5 Å². The minimum Gasteiger partial charge on any atom is -0.491 e. The molecule has 0 aromatic heterocycles. The van der Waals surface area contributed by atoms with Crippen LogP contribution in [0.5, 0.6) is 5.75 Å². The number of ether oxygens (including phenoxy) is 2. The molecule has 2 atom stereocenters. The molecule has 2 aliphatic carbocycles. The average Bonchev–Trinajstić information content (AvgIpc) is 3.01. The van der Waals surface area contributed by atoms with Gasteiger partial charge in [-0.3, -0.25) is 0 Å². The number of allylic oxidation sites excluding steroid dienone is 2. The van der Waals surface area contributed by atoms with Gasteiger partial charge in [-0.05, 0) is 125 Å². The fraction of sp³-hybridized carbons (Fsp3) is 0.611. The van der Waals surface area contributed by atoms with Gasteiger partial charge in [0.05, 0.1) is 19.3 Å².